The van der Waals surface area contributed by atoms with Crippen molar-refractivity contribution in [3.63, 3.8) is 0 Å². The van der Waals surface area contributed by atoms with Crippen LogP contribution in [0.25, 0.3) is 0 Å². The van der Waals surface area contributed by atoms with Crippen molar-refractivity contribution in [1.29, 1.82) is 0 Å². The normalized spacial score (nSPS) is 31.1. The van der Waals surface area contributed by atoms with E-state index >= 15 is 0 Å². The topological polar surface area (TPSA) is 3.24 Å². The van der Waals surface area contributed by atoms with Gasteiger partial charge in [-0.3, -0.25) is 0 Å². The van der Waals surface area contributed by atoms with E-state index in [1.165, 1.54) is 0 Å². The summed E-state index contributed by atoms with van der Waals surface area (Å²) in [5.41, 5.74) is 0. The summed E-state index contributed by atoms with van der Waals surface area (Å²) in [6.45, 7) is 4.53. The zero-order chi connectivity index (χ0) is 10.9. The van der Waals surface area contributed by atoms with E-state index in [9.17, 15) is 13.2 Å². The lowest BCUT2D eigenvalue weighted by molar-refractivity contribution is -0.190. The van der Waals surface area contributed by atoms with E-state index in [1.54, 1.807) is 0 Å². The molecule has 0 spiro atoms. The average Bonchev–Trinajstić information content (AvgIpc) is 2.02. The molecule has 0 N–H and O–H groups in total. The van der Waals surface area contributed by atoms with E-state index in [4.69, 9.17) is 0 Å². The Balaban J connectivity index is 2.62. The molecule has 0 aromatic rings. The largest absolute Gasteiger partial charge is 0.391 e. The monoisotopic (exact) mass is 209 g/mol. The number of nitrogens with zero attached hydrogens (tertiary/aromatic N) is 1. The highest BCUT2D eigenvalue weighted by molar-refractivity contribution is 4.84. The Morgan fingerprint density at radius 3 is 2.29 bits per heavy atom. The van der Waals surface area contributed by atoms with Crippen LogP contribution >= 0.6 is 0 Å². The summed E-state index contributed by atoms with van der Waals surface area (Å²) in [4.78, 5) is 2.05. The van der Waals surface area contributed by atoms with Gasteiger partial charge in [0.05, 0.1) is 5.92 Å². The Labute approximate surface area is 83.3 Å². The number of alkyl halides is 3. The highest BCUT2D eigenvalue weighted by Crippen LogP contribution is 2.37. The molecule has 2 unspecified atom stereocenters. The molecule has 0 bridgehead atoms. The van der Waals surface area contributed by atoms with Crippen LogP contribution in [0.3, 0.4) is 0 Å². The van der Waals surface area contributed by atoms with Crippen molar-refractivity contribution in [3.05, 3.63) is 0 Å². The third-order valence-corrected chi connectivity index (χ3v) is 3.15. The van der Waals surface area contributed by atoms with Crippen LogP contribution in [0.4, 0.5) is 13.2 Å². The highest BCUT2D eigenvalue weighted by atomic mass is 19.4. The van der Waals surface area contributed by atoms with Crippen LogP contribution in [0.2, 0.25) is 0 Å². The van der Waals surface area contributed by atoms with Crippen LogP contribution in [0.5, 0.6) is 0 Å². The molecule has 0 aromatic carbocycles. The molecule has 1 saturated heterocycles. The molecule has 1 rings (SSSR count). The van der Waals surface area contributed by atoms with E-state index in [0.717, 1.165) is 0 Å². The average molecular weight is 209 g/mol. The van der Waals surface area contributed by atoms with Gasteiger partial charge in [0.1, 0.15) is 0 Å². The molecule has 1 aliphatic rings. The Kier molecular flexibility index (Phi) is 3.45. The van der Waals surface area contributed by atoms with Gasteiger partial charge >= 0.3 is 6.18 Å². The smallest absolute Gasteiger partial charge is 0.303 e. The molecule has 0 aromatic heterocycles. The maximum atomic E-state index is 12.5. The molecular weight excluding hydrogens is 191 g/mol. The van der Waals surface area contributed by atoms with E-state index in [2.05, 4.69) is 0 Å². The molecule has 1 nitrogen and oxygen atoms in total. The molecule has 0 radical (unpaired) electrons. The van der Waals surface area contributed by atoms with Crippen LogP contribution in [-0.4, -0.2) is 30.7 Å². The van der Waals surface area contributed by atoms with Crippen molar-refractivity contribution in [2.75, 3.05) is 13.6 Å². The summed E-state index contributed by atoms with van der Waals surface area (Å²) in [6.07, 6.45) is -3.49. The third-order valence-electron chi connectivity index (χ3n) is 3.15. The molecule has 1 heterocycles. The molecule has 1 fully saturated rings. The van der Waals surface area contributed by atoms with Gasteiger partial charge in [-0.1, -0.05) is 13.8 Å². The fourth-order valence-corrected chi connectivity index (χ4v) is 2.19. The van der Waals surface area contributed by atoms with Crippen molar-refractivity contribution in [2.45, 2.75) is 38.9 Å². The van der Waals surface area contributed by atoms with E-state index in [1.807, 2.05) is 25.8 Å². The lowest BCUT2D eigenvalue weighted by Crippen LogP contribution is -2.46. The first-order chi connectivity index (χ1) is 6.32. The minimum atomic E-state index is -4.01. The molecule has 1 aliphatic heterocycles. The minimum Gasteiger partial charge on any atom is -0.303 e. The van der Waals surface area contributed by atoms with Crippen molar-refractivity contribution >= 4 is 0 Å². The van der Waals surface area contributed by atoms with Gasteiger partial charge in [0.25, 0.3) is 0 Å². The van der Waals surface area contributed by atoms with Crippen LogP contribution in [0.15, 0.2) is 0 Å². The van der Waals surface area contributed by atoms with Crippen LogP contribution in [0, 0.1) is 11.8 Å². The first-order valence-electron chi connectivity index (χ1n) is 5.09. The molecule has 4 heteroatoms. The fraction of sp³-hybridized carbons (Fsp3) is 1.00. The van der Waals surface area contributed by atoms with Crippen LogP contribution in [0.1, 0.15) is 26.7 Å². The molecule has 0 saturated carbocycles. The Morgan fingerprint density at radius 1 is 1.29 bits per heavy atom. The van der Waals surface area contributed by atoms with Crippen LogP contribution < -0.4 is 0 Å². The lowest BCUT2D eigenvalue weighted by Gasteiger charge is -2.39. The van der Waals surface area contributed by atoms with Gasteiger partial charge in [0, 0.05) is 6.04 Å². The van der Waals surface area contributed by atoms with Gasteiger partial charge in [0.2, 0.25) is 0 Å². The second-order valence-electron chi connectivity index (χ2n) is 4.55. The third kappa shape index (κ3) is 2.62. The van der Waals surface area contributed by atoms with Gasteiger partial charge in [-0.2, -0.15) is 13.2 Å². The van der Waals surface area contributed by atoms with Crippen molar-refractivity contribution in [1.82, 2.24) is 4.90 Å². The van der Waals surface area contributed by atoms with Crippen molar-refractivity contribution < 1.29 is 13.2 Å². The fourth-order valence-electron chi connectivity index (χ4n) is 2.19. The molecule has 0 aliphatic carbocycles. The summed E-state index contributed by atoms with van der Waals surface area (Å²) in [5, 5.41) is 0. The first-order valence-corrected chi connectivity index (χ1v) is 5.09. The maximum Gasteiger partial charge on any atom is 0.391 e. The van der Waals surface area contributed by atoms with Gasteiger partial charge in [-0.25, -0.2) is 0 Å². The molecule has 2 atom stereocenters. The molecular formula is C10H18F3N. The quantitative estimate of drug-likeness (QED) is 0.641. The number of halogens is 3. The Hall–Kier alpha value is -0.250. The minimum absolute atomic E-state index is 0.0791. The zero-order valence-electron chi connectivity index (χ0n) is 8.93. The second kappa shape index (κ2) is 4.09. The number of rotatable bonds is 1. The Bertz CT molecular complexity index is 188. The van der Waals surface area contributed by atoms with E-state index in [-0.39, 0.29) is 18.9 Å². The molecule has 84 valence electrons. The predicted molar refractivity (Wildman–Crippen MR) is 50.0 cm³/mol. The molecule has 14 heavy (non-hydrogen) atoms. The molecule has 0 amide bonds. The van der Waals surface area contributed by atoms with Gasteiger partial charge in [-0.05, 0) is 32.4 Å². The van der Waals surface area contributed by atoms with E-state index in [0.29, 0.717) is 12.5 Å². The van der Waals surface area contributed by atoms with Crippen molar-refractivity contribution in [3.8, 4) is 0 Å². The van der Waals surface area contributed by atoms with E-state index < -0.39 is 12.1 Å². The summed E-state index contributed by atoms with van der Waals surface area (Å²) < 4.78 is 37.5. The second-order valence-corrected chi connectivity index (χ2v) is 4.55. The predicted octanol–water partition coefficient (Wildman–Crippen LogP) is 2.92. The van der Waals surface area contributed by atoms with Gasteiger partial charge in [-0.15, -0.1) is 0 Å². The van der Waals surface area contributed by atoms with Gasteiger partial charge in [0.15, 0.2) is 0 Å². The SMILES string of the molecule is CC(C)C1CC(C(F)(F)F)CCN1C. The number of piperidine rings is 1. The van der Waals surface area contributed by atoms with Gasteiger partial charge < -0.3 is 4.90 Å². The zero-order valence-corrected chi connectivity index (χ0v) is 8.93. The summed E-state index contributed by atoms with van der Waals surface area (Å²) >= 11 is 0. The number of hydrogen-bond acceptors (Lipinski definition) is 1. The number of likely N-dealkylation sites (tertiary alicyclic amines) is 1. The maximum absolute atomic E-state index is 12.5. The summed E-state index contributed by atoms with van der Waals surface area (Å²) in [6, 6.07) is 0.0791. The standard InChI is InChI=1S/C10H18F3N/c1-7(2)9-6-8(10(11,12)13)4-5-14(9)3/h7-9H,4-6H2,1-3H3. The number of hydrogen-bond donors (Lipinski definition) is 0. The van der Waals surface area contributed by atoms with Crippen LogP contribution in [-0.2, 0) is 0 Å². The highest BCUT2D eigenvalue weighted by Gasteiger charge is 2.43. The lowest BCUT2D eigenvalue weighted by atomic mass is 9.85. The van der Waals surface area contributed by atoms with Crippen molar-refractivity contribution in [2.24, 2.45) is 11.8 Å². The summed E-state index contributed by atoms with van der Waals surface area (Å²) in [7, 11) is 1.91. The summed E-state index contributed by atoms with van der Waals surface area (Å²) in [5.74, 6) is -0.795. The Morgan fingerprint density at radius 2 is 1.86 bits per heavy atom. The first kappa shape index (κ1) is 11.8.